The number of rotatable bonds is 7. The molecule has 20 heavy (non-hydrogen) atoms. The van der Waals surface area contributed by atoms with Gasteiger partial charge in [0.25, 0.3) is 0 Å². The van der Waals surface area contributed by atoms with Crippen molar-refractivity contribution >= 4 is 11.6 Å². The highest BCUT2D eigenvalue weighted by Crippen LogP contribution is 2.23. The molecule has 0 aromatic carbocycles. The summed E-state index contributed by atoms with van der Waals surface area (Å²) in [5.41, 5.74) is 0.258. The molecule has 1 heterocycles. The van der Waals surface area contributed by atoms with Crippen molar-refractivity contribution in [3.05, 3.63) is 11.4 Å². The molecule has 5 heteroatoms. The van der Waals surface area contributed by atoms with Crippen LogP contribution < -0.4 is 10.6 Å². The molecule has 0 aliphatic heterocycles. The Morgan fingerprint density at radius 2 is 1.85 bits per heavy atom. The standard InChI is InChI=1S/C15H28N4O/c1-7-8-15(5,20)9-17-14-11(4)13(16-6)18-12(19-14)10(2)3/h10,20H,7-9H2,1-6H3,(H2,16,17,18,19). The van der Waals surface area contributed by atoms with Crippen LogP contribution in [0.15, 0.2) is 0 Å². The highest BCUT2D eigenvalue weighted by Gasteiger charge is 2.20. The van der Waals surface area contributed by atoms with E-state index < -0.39 is 5.60 Å². The van der Waals surface area contributed by atoms with Crippen LogP contribution >= 0.6 is 0 Å². The molecule has 0 fully saturated rings. The summed E-state index contributed by atoms with van der Waals surface area (Å²) in [5, 5.41) is 16.6. The summed E-state index contributed by atoms with van der Waals surface area (Å²) >= 11 is 0. The maximum absolute atomic E-state index is 10.3. The van der Waals surface area contributed by atoms with Crippen molar-refractivity contribution < 1.29 is 5.11 Å². The summed E-state index contributed by atoms with van der Waals surface area (Å²) < 4.78 is 0. The third kappa shape index (κ3) is 4.34. The van der Waals surface area contributed by atoms with E-state index in [2.05, 4.69) is 41.4 Å². The molecule has 0 radical (unpaired) electrons. The zero-order valence-corrected chi connectivity index (χ0v) is 13.5. The molecule has 1 atom stereocenters. The number of nitrogens with one attached hydrogen (secondary N) is 2. The minimum Gasteiger partial charge on any atom is -0.388 e. The van der Waals surface area contributed by atoms with Crippen molar-refractivity contribution in [1.29, 1.82) is 0 Å². The summed E-state index contributed by atoms with van der Waals surface area (Å²) in [6.07, 6.45) is 1.72. The van der Waals surface area contributed by atoms with Crippen molar-refractivity contribution in [2.45, 2.75) is 59.0 Å². The molecule has 0 aliphatic rings. The van der Waals surface area contributed by atoms with Crippen molar-refractivity contribution in [2.24, 2.45) is 0 Å². The fourth-order valence-electron chi connectivity index (χ4n) is 2.11. The lowest BCUT2D eigenvalue weighted by Crippen LogP contribution is -2.33. The largest absolute Gasteiger partial charge is 0.388 e. The molecule has 3 N–H and O–H groups in total. The van der Waals surface area contributed by atoms with Crippen LogP contribution in [0.3, 0.4) is 0 Å². The van der Waals surface area contributed by atoms with Gasteiger partial charge in [0.05, 0.1) is 5.60 Å². The predicted molar refractivity (Wildman–Crippen MR) is 84.4 cm³/mol. The average Bonchev–Trinajstić information content (AvgIpc) is 2.37. The fourth-order valence-corrected chi connectivity index (χ4v) is 2.11. The van der Waals surface area contributed by atoms with E-state index in [0.717, 1.165) is 35.9 Å². The summed E-state index contributed by atoms with van der Waals surface area (Å²) in [6.45, 7) is 10.5. The number of aliphatic hydroxyl groups is 1. The number of hydrogen-bond acceptors (Lipinski definition) is 5. The quantitative estimate of drug-likeness (QED) is 0.716. The van der Waals surface area contributed by atoms with Crippen molar-refractivity contribution in [3.8, 4) is 0 Å². The van der Waals surface area contributed by atoms with Crippen molar-refractivity contribution in [1.82, 2.24) is 9.97 Å². The predicted octanol–water partition coefficient (Wildman–Crippen LogP) is 2.91. The van der Waals surface area contributed by atoms with Gasteiger partial charge in [-0.3, -0.25) is 0 Å². The van der Waals surface area contributed by atoms with Crippen LogP contribution in [0.1, 0.15) is 57.8 Å². The first kappa shape index (κ1) is 16.7. The van der Waals surface area contributed by atoms with Crippen LogP contribution in [-0.2, 0) is 0 Å². The van der Waals surface area contributed by atoms with E-state index >= 15 is 0 Å². The van der Waals surface area contributed by atoms with E-state index in [1.807, 2.05) is 20.9 Å². The summed E-state index contributed by atoms with van der Waals surface area (Å²) in [4.78, 5) is 9.08. The first-order valence-corrected chi connectivity index (χ1v) is 7.33. The van der Waals surface area contributed by atoms with Crippen LogP contribution in [0.5, 0.6) is 0 Å². The van der Waals surface area contributed by atoms with Gasteiger partial charge in [0, 0.05) is 25.1 Å². The van der Waals surface area contributed by atoms with Crippen LogP contribution in [0.2, 0.25) is 0 Å². The Morgan fingerprint density at radius 3 is 2.35 bits per heavy atom. The maximum atomic E-state index is 10.3. The molecule has 114 valence electrons. The van der Waals surface area contributed by atoms with E-state index in [4.69, 9.17) is 0 Å². The van der Waals surface area contributed by atoms with E-state index in [1.165, 1.54) is 0 Å². The molecule has 1 unspecified atom stereocenters. The minimum atomic E-state index is -0.718. The average molecular weight is 280 g/mol. The second-order valence-corrected chi connectivity index (χ2v) is 5.91. The van der Waals surface area contributed by atoms with Gasteiger partial charge in [-0.1, -0.05) is 27.2 Å². The Hall–Kier alpha value is -1.36. The van der Waals surface area contributed by atoms with Gasteiger partial charge in [0.1, 0.15) is 17.5 Å². The van der Waals surface area contributed by atoms with Gasteiger partial charge < -0.3 is 15.7 Å². The second kappa shape index (κ2) is 6.88. The molecule has 0 amide bonds. The SMILES string of the molecule is CCCC(C)(O)CNc1nc(C(C)C)nc(NC)c1C. The van der Waals surface area contributed by atoms with Crippen LogP contribution in [0, 0.1) is 6.92 Å². The van der Waals surface area contributed by atoms with Crippen molar-refractivity contribution in [3.63, 3.8) is 0 Å². The second-order valence-electron chi connectivity index (χ2n) is 5.91. The first-order chi connectivity index (χ1) is 9.30. The molecule has 0 saturated carbocycles. The molecule has 5 nitrogen and oxygen atoms in total. The van der Waals surface area contributed by atoms with Crippen molar-refractivity contribution in [2.75, 3.05) is 24.2 Å². The zero-order chi connectivity index (χ0) is 15.3. The van der Waals surface area contributed by atoms with Gasteiger partial charge in [-0.25, -0.2) is 9.97 Å². The van der Waals surface area contributed by atoms with E-state index in [9.17, 15) is 5.11 Å². The summed E-state index contributed by atoms with van der Waals surface area (Å²) in [5.74, 6) is 2.70. The number of aromatic nitrogens is 2. The van der Waals surface area contributed by atoms with E-state index in [1.54, 1.807) is 0 Å². The normalized spacial score (nSPS) is 14.2. The third-order valence-corrected chi connectivity index (χ3v) is 3.34. The topological polar surface area (TPSA) is 70.1 Å². The van der Waals surface area contributed by atoms with E-state index in [-0.39, 0.29) is 5.92 Å². The van der Waals surface area contributed by atoms with Crippen LogP contribution in [-0.4, -0.2) is 34.3 Å². The van der Waals surface area contributed by atoms with Gasteiger partial charge in [0.2, 0.25) is 0 Å². The first-order valence-electron chi connectivity index (χ1n) is 7.33. The molecule has 1 aromatic rings. The molecule has 1 aromatic heterocycles. The minimum absolute atomic E-state index is 0.263. The van der Waals surface area contributed by atoms with Crippen LogP contribution in [0.25, 0.3) is 0 Å². The third-order valence-electron chi connectivity index (χ3n) is 3.34. The van der Waals surface area contributed by atoms with Gasteiger partial charge >= 0.3 is 0 Å². The van der Waals surface area contributed by atoms with Gasteiger partial charge in [-0.2, -0.15) is 0 Å². The molecule has 0 spiro atoms. The number of anilines is 2. The summed E-state index contributed by atoms with van der Waals surface area (Å²) in [7, 11) is 1.86. The monoisotopic (exact) mass is 280 g/mol. The number of hydrogen-bond donors (Lipinski definition) is 3. The van der Waals surface area contributed by atoms with Gasteiger partial charge in [-0.05, 0) is 20.3 Å². The molecule has 0 saturated heterocycles. The van der Waals surface area contributed by atoms with Gasteiger partial charge in [-0.15, -0.1) is 0 Å². The van der Waals surface area contributed by atoms with E-state index in [0.29, 0.717) is 6.54 Å². The molecule has 0 bridgehead atoms. The molecular weight excluding hydrogens is 252 g/mol. The lowest BCUT2D eigenvalue weighted by atomic mass is 10.0. The smallest absolute Gasteiger partial charge is 0.135 e. The Labute approximate surface area is 122 Å². The highest BCUT2D eigenvalue weighted by molar-refractivity contribution is 5.57. The van der Waals surface area contributed by atoms with Gasteiger partial charge in [0.15, 0.2) is 0 Å². The summed E-state index contributed by atoms with van der Waals surface area (Å²) in [6, 6.07) is 0. The Kier molecular flexibility index (Phi) is 5.74. The Bertz CT molecular complexity index is 444. The Morgan fingerprint density at radius 1 is 1.25 bits per heavy atom. The maximum Gasteiger partial charge on any atom is 0.135 e. The zero-order valence-electron chi connectivity index (χ0n) is 13.5. The Balaban J connectivity index is 2.96. The number of nitrogens with zero attached hydrogens (tertiary/aromatic N) is 2. The van der Waals surface area contributed by atoms with Crippen LogP contribution in [0.4, 0.5) is 11.6 Å². The molecule has 1 rings (SSSR count). The lowest BCUT2D eigenvalue weighted by Gasteiger charge is -2.24. The lowest BCUT2D eigenvalue weighted by molar-refractivity contribution is 0.0636. The molecule has 0 aliphatic carbocycles. The highest BCUT2D eigenvalue weighted by atomic mass is 16.3. The fraction of sp³-hybridized carbons (Fsp3) is 0.733. The molecular formula is C15H28N4O.